The van der Waals surface area contributed by atoms with Gasteiger partial charge in [-0.25, -0.2) is 9.98 Å². The van der Waals surface area contributed by atoms with Gasteiger partial charge in [-0.15, -0.1) is 11.3 Å². The van der Waals surface area contributed by atoms with Crippen LogP contribution >= 0.6 is 11.3 Å². The third kappa shape index (κ3) is 4.45. The normalized spacial score (nSPS) is 20.4. The second-order valence-electron chi connectivity index (χ2n) is 6.09. The number of aromatic nitrogens is 1. The molecular weight excluding hydrogens is 272 g/mol. The van der Waals surface area contributed by atoms with Gasteiger partial charge in [-0.05, 0) is 12.8 Å². The highest BCUT2D eigenvalue weighted by Gasteiger charge is 2.17. The van der Waals surface area contributed by atoms with Crippen molar-refractivity contribution in [2.24, 2.45) is 10.7 Å². The van der Waals surface area contributed by atoms with Gasteiger partial charge in [-0.3, -0.25) is 0 Å². The zero-order valence-corrected chi connectivity index (χ0v) is 13.3. The molecule has 1 aliphatic rings. The lowest BCUT2D eigenvalue weighted by atomic mass is 9.93. The van der Waals surface area contributed by atoms with Gasteiger partial charge >= 0.3 is 0 Å². The van der Waals surface area contributed by atoms with E-state index in [-0.39, 0.29) is 11.5 Å². The van der Waals surface area contributed by atoms with E-state index < -0.39 is 0 Å². The van der Waals surface area contributed by atoms with E-state index in [1.807, 2.05) is 0 Å². The molecule has 2 heterocycles. The van der Waals surface area contributed by atoms with Crippen LogP contribution in [0.15, 0.2) is 10.4 Å². The number of hydrogen-bond donors (Lipinski definition) is 2. The number of nitrogens with two attached hydrogens (primary N) is 1. The SMILES string of the molecule is CC(C)(C)c1csc(CN=C(N)NCC2CCCO2)n1. The van der Waals surface area contributed by atoms with E-state index in [0.717, 1.165) is 36.7 Å². The predicted molar refractivity (Wildman–Crippen MR) is 83.1 cm³/mol. The van der Waals surface area contributed by atoms with Gasteiger partial charge in [-0.1, -0.05) is 20.8 Å². The van der Waals surface area contributed by atoms with Gasteiger partial charge in [0.25, 0.3) is 0 Å². The molecule has 6 heteroatoms. The van der Waals surface area contributed by atoms with Crippen LogP contribution in [0.5, 0.6) is 0 Å². The smallest absolute Gasteiger partial charge is 0.189 e. The van der Waals surface area contributed by atoms with Crippen molar-refractivity contribution >= 4 is 17.3 Å². The van der Waals surface area contributed by atoms with Crippen LogP contribution in [-0.4, -0.2) is 30.2 Å². The van der Waals surface area contributed by atoms with Crippen molar-refractivity contribution < 1.29 is 4.74 Å². The zero-order chi connectivity index (χ0) is 14.6. The lowest BCUT2D eigenvalue weighted by Gasteiger charge is -2.14. The summed E-state index contributed by atoms with van der Waals surface area (Å²) in [5.41, 5.74) is 7.05. The van der Waals surface area contributed by atoms with Gasteiger partial charge in [0.15, 0.2) is 5.96 Å². The molecule has 112 valence electrons. The Morgan fingerprint density at radius 1 is 1.60 bits per heavy atom. The molecule has 2 rings (SSSR count). The van der Waals surface area contributed by atoms with E-state index in [2.05, 4.69) is 41.4 Å². The van der Waals surface area contributed by atoms with Gasteiger partial charge < -0.3 is 15.8 Å². The van der Waals surface area contributed by atoms with E-state index in [9.17, 15) is 0 Å². The largest absolute Gasteiger partial charge is 0.376 e. The monoisotopic (exact) mass is 296 g/mol. The predicted octanol–water partition coefficient (Wildman–Crippen LogP) is 2.02. The molecule has 0 amide bonds. The molecule has 1 aliphatic heterocycles. The summed E-state index contributed by atoms with van der Waals surface area (Å²) >= 11 is 1.64. The molecule has 1 fully saturated rings. The fourth-order valence-electron chi connectivity index (χ4n) is 1.96. The number of nitrogens with zero attached hydrogens (tertiary/aromatic N) is 2. The highest BCUT2D eigenvalue weighted by Crippen LogP contribution is 2.24. The number of aliphatic imine (C=N–C) groups is 1. The molecule has 0 spiro atoms. The number of hydrogen-bond acceptors (Lipinski definition) is 4. The van der Waals surface area contributed by atoms with Crippen LogP contribution in [0.3, 0.4) is 0 Å². The first-order valence-corrected chi connectivity index (χ1v) is 7.93. The van der Waals surface area contributed by atoms with Gasteiger partial charge in [-0.2, -0.15) is 0 Å². The van der Waals surface area contributed by atoms with E-state index in [4.69, 9.17) is 10.5 Å². The van der Waals surface area contributed by atoms with Gasteiger partial charge in [0.1, 0.15) is 5.01 Å². The maximum atomic E-state index is 5.85. The van der Waals surface area contributed by atoms with E-state index in [1.165, 1.54) is 0 Å². The molecule has 3 N–H and O–H groups in total. The van der Waals surface area contributed by atoms with E-state index in [0.29, 0.717) is 12.5 Å². The van der Waals surface area contributed by atoms with Crippen LogP contribution in [-0.2, 0) is 16.7 Å². The summed E-state index contributed by atoms with van der Waals surface area (Å²) in [6, 6.07) is 0. The van der Waals surface area contributed by atoms with Crippen LogP contribution in [0.25, 0.3) is 0 Å². The van der Waals surface area contributed by atoms with Crippen molar-refractivity contribution in [3.63, 3.8) is 0 Å². The number of rotatable bonds is 4. The fourth-order valence-corrected chi connectivity index (χ4v) is 2.90. The molecule has 0 aliphatic carbocycles. The highest BCUT2D eigenvalue weighted by atomic mass is 32.1. The Kier molecular flexibility index (Phi) is 4.99. The summed E-state index contributed by atoms with van der Waals surface area (Å²) in [6.07, 6.45) is 2.51. The standard InChI is InChI=1S/C14H24N4OS/c1-14(2,3)11-9-20-12(18-11)8-17-13(15)16-7-10-5-4-6-19-10/h9-10H,4-8H2,1-3H3,(H3,15,16,17). The summed E-state index contributed by atoms with van der Waals surface area (Å²) < 4.78 is 5.52. The number of nitrogens with one attached hydrogen (secondary N) is 1. The topological polar surface area (TPSA) is 72.5 Å². The maximum Gasteiger partial charge on any atom is 0.189 e. The first kappa shape index (κ1) is 15.3. The van der Waals surface area contributed by atoms with Gasteiger partial charge in [0.05, 0.1) is 18.3 Å². The number of ether oxygens (including phenoxy) is 1. The lowest BCUT2D eigenvalue weighted by molar-refractivity contribution is 0.114. The first-order valence-electron chi connectivity index (χ1n) is 7.05. The molecule has 5 nitrogen and oxygen atoms in total. The minimum absolute atomic E-state index is 0.0854. The molecule has 0 saturated carbocycles. The van der Waals surface area contributed by atoms with Crippen molar-refractivity contribution in [1.82, 2.24) is 10.3 Å². The molecule has 1 aromatic heterocycles. The Labute approximate surface area is 124 Å². The van der Waals surface area contributed by atoms with E-state index >= 15 is 0 Å². The fraction of sp³-hybridized carbons (Fsp3) is 0.714. The molecule has 1 aromatic rings. The summed E-state index contributed by atoms with van der Waals surface area (Å²) in [5.74, 6) is 0.466. The second-order valence-corrected chi connectivity index (χ2v) is 7.04. The zero-order valence-electron chi connectivity index (χ0n) is 12.5. The second kappa shape index (κ2) is 6.54. The molecular formula is C14H24N4OS. The highest BCUT2D eigenvalue weighted by molar-refractivity contribution is 7.09. The Bertz CT molecular complexity index is 458. The van der Waals surface area contributed by atoms with Crippen molar-refractivity contribution in [3.05, 3.63) is 16.1 Å². The van der Waals surface area contributed by atoms with Gasteiger partial charge in [0.2, 0.25) is 0 Å². The third-order valence-electron chi connectivity index (χ3n) is 3.24. The number of guanidine groups is 1. The molecule has 1 saturated heterocycles. The number of thiazole rings is 1. The summed E-state index contributed by atoms with van der Waals surface area (Å²) in [7, 11) is 0. The molecule has 0 radical (unpaired) electrons. The van der Waals surface area contributed by atoms with Crippen LogP contribution in [0, 0.1) is 0 Å². The summed E-state index contributed by atoms with van der Waals surface area (Å²) in [4.78, 5) is 8.92. The third-order valence-corrected chi connectivity index (χ3v) is 4.07. The van der Waals surface area contributed by atoms with Crippen LogP contribution < -0.4 is 11.1 Å². The Balaban J connectivity index is 1.80. The van der Waals surface area contributed by atoms with Crippen molar-refractivity contribution in [1.29, 1.82) is 0 Å². The van der Waals surface area contributed by atoms with Crippen LogP contribution in [0.2, 0.25) is 0 Å². The Morgan fingerprint density at radius 3 is 3.00 bits per heavy atom. The maximum absolute atomic E-state index is 5.85. The molecule has 1 atom stereocenters. The minimum atomic E-state index is 0.0854. The molecule has 20 heavy (non-hydrogen) atoms. The van der Waals surface area contributed by atoms with Gasteiger partial charge in [0, 0.05) is 23.9 Å². The van der Waals surface area contributed by atoms with E-state index in [1.54, 1.807) is 11.3 Å². The quantitative estimate of drug-likeness (QED) is 0.658. The Hall–Kier alpha value is -1.14. The molecule has 0 bridgehead atoms. The first-order chi connectivity index (χ1) is 9.45. The average Bonchev–Trinajstić information content (AvgIpc) is 3.04. The average molecular weight is 296 g/mol. The Morgan fingerprint density at radius 2 is 2.40 bits per heavy atom. The lowest BCUT2D eigenvalue weighted by Crippen LogP contribution is -2.37. The van der Waals surface area contributed by atoms with Crippen molar-refractivity contribution in [3.8, 4) is 0 Å². The summed E-state index contributed by atoms with van der Waals surface area (Å²) in [5, 5.41) is 6.21. The van der Waals surface area contributed by atoms with Crippen LogP contribution in [0.4, 0.5) is 0 Å². The summed E-state index contributed by atoms with van der Waals surface area (Å²) in [6.45, 7) is 8.61. The minimum Gasteiger partial charge on any atom is -0.376 e. The molecule has 0 aromatic carbocycles. The van der Waals surface area contributed by atoms with Crippen LogP contribution in [0.1, 0.15) is 44.3 Å². The van der Waals surface area contributed by atoms with Crippen molar-refractivity contribution in [2.75, 3.05) is 13.2 Å². The van der Waals surface area contributed by atoms with Crippen molar-refractivity contribution in [2.45, 2.75) is 51.7 Å². The molecule has 1 unspecified atom stereocenters.